The summed E-state index contributed by atoms with van der Waals surface area (Å²) in [6, 6.07) is 0.811. The molecule has 2 saturated carbocycles. The van der Waals surface area contributed by atoms with Gasteiger partial charge in [-0.2, -0.15) is 0 Å². The molecule has 0 heterocycles. The molecule has 92 valence electrons. The second kappa shape index (κ2) is 5.64. The van der Waals surface area contributed by atoms with Crippen molar-refractivity contribution in [1.82, 2.24) is 15.5 Å². The van der Waals surface area contributed by atoms with E-state index in [1.807, 2.05) is 0 Å². The van der Waals surface area contributed by atoms with E-state index in [0.717, 1.165) is 31.6 Å². The lowest BCUT2D eigenvalue weighted by Crippen LogP contribution is -2.38. The van der Waals surface area contributed by atoms with Crippen molar-refractivity contribution in [2.45, 2.75) is 31.7 Å². The van der Waals surface area contributed by atoms with Crippen LogP contribution in [0.1, 0.15) is 25.7 Å². The molecule has 0 aromatic rings. The normalized spacial score (nSPS) is 20.1. The van der Waals surface area contributed by atoms with Crippen LogP contribution in [0, 0.1) is 5.92 Å². The molecule has 2 rings (SSSR count). The minimum absolute atomic E-state index is 0.140. The molecular formula is C12H23N3O. The van der Waals surface area contributed by atoms with Crippen molar-refractivity contribution in [3.05, 3.63) is 0 Å². The van der Waals surface area contributed by atoms with Gasteiger partial charge in [-0.3, -0.25) is 4.79 Å². The van der Waals surface area contributed by atoms with Crippen LogP contribution in [0.4, 0.5) is 0 Å². The second-order valence-electron chi connectivity index (χ2n) is 5.14. The van der Waals surface area contributed by atoms with Crippen LogP contribution >= 0.6 is 0 Å². The lowest BCUT2D eigenvalue weighted by molar-refractivity contribution is -0.120. The van der Waals surface area contributed by atoms with Crippen LogP contribution in [0.5, 0.6) is 0 Å². The van der Waals surface area contributed by atoms with Crippen LogP contribution in [0.25, 0.3) is 0 Å². The topological polar surface area (TPSA) is 44.4 Å². The highest BCUT2D eigenvalue weighted by Crippen LogP contribution is 2.27. The molecule has 0 aliphatic heterocycles. The Bertz CT molecular complexity index is 236. The average Bonchev–Trinajstić information content (AvgIpc) is 3.15. The Morgan fingerprint density at radius 1 is 1.31 bits per heavy atom. The van der Waals surface area contributed by atoms with E-state index in [2.05, 4.69) is 22.6 Å². The number of hydrogen-bond acceptors (Lipinski definition) is 3. The molecule has 4 nitrogen and oxygen atoms in total. The summed E-state index contributed by atoms with van der Waals surface area (Å²) in [6.07, 6.45) is 5.27. The van der Waals surface area contributed by atoms with Gasteiger partial charge in [-0.15, -0.1) is 0 Å². The molecule has 0 spiro atoms. The molecule has 0 unspecified atom stereocenters. The number of hydrogen-bond donors (Lipinski definition) is 2. The van der Waals surface area contributed by atoms with Crippen LogP contribution in [-0.4, -0.2) is 50.1 Å². The van der Waals surface area contributed by atoms with Crippen molar-refractivity contribution in [3.63, 3.8) is 0 Å². The molecule has 4 heteroatoms. The highest BCUT2D eigenvalue weighted by Gasteiger charge is 2.25. The van der Waals surface area contributed by atoms with Gasteiger partial charge in [0, 0.05) is 25.7 Å². The zero-order valence-electron chi connectivity index (χ0n) is 10.2. The van der Waals surface area contributed by atoms with Crippen molar-refractivity contribution in [2.24, 2.45) is 5.92 Å². The number of carbonyl (C=O) groups excluding carboxylic acids is 1. The molecule has 1 amide bonds. The van der Waals surface area contributed by atoms with Gasteiger partial charge < -0.3 is 15.5 Å². The van der Waals surface area contributed by atoms with Gasteiger partial charge in [0.05, 0.1) is 6.54 Å². The third-order valence-electron chi connectivity index (χ3n) is 3.38. The number of nitrogens with one attached hydrogen (secondary N) is 2. The van der Waals surface area contributed by atoms with E-state index in [0.29, 0.717) is 6.54 Å². The highest BCUT2D eigenvalue weighted by molar-refractivity contribution is 5.77. The molecule has 2 fully saturated rings. The lowest BCUT2D eigenvalue weighted by Gasteiger charge is -2.15. The summed E-state index contributed by atoms with van der Waals surface area (Å²) in [6.45, 7) is 3.29. The van der Waals surface area contributed by atoms with E-state index in [1.165, 1.54) is 25.7 Å². The minimum Gasteiger partial charge on any atom is -0.355 e. The predicted molar refractivity (Wildman–Crippen MR) is 64.3 cm³/mol. The molecule has 2 aliphatic rings. The summed E-state index contributed by atoms with van der Waals surface area (Å²) >= 11 is 0. The van der Waals surface area contributed by atoms with Gasteiger partial charge in [-0.05, 0) is 38.6 Å². The van der Waals surface area contributed by atoms with Gasteiger partial charge >= 0.3 is 0 Å². The fraction of sp³-hybridized carbons (Fsp3) is 0.917. The van der Waals surface area contributed by atoms with Crippen LogP contribution in [0.3, 0.4) is 0 Å². The van der Waals surface area contributed by atoms with Crippen LogP contribution in [0.15, 0.2) is 0 Å². The molecule has 0 radical (unpaired) electrons. The Hall–Kier alpha value is -0.610. The van der Waals surface area contributed by atoms with E-state index in [9.17, 15) is 4.79 Å². The minimum atomic E-state index is 0.140. The van der Waals surface area contributed by atoms with E-state index < -0.39 is 0 Å². The first-order valence-corrected chi connectivity index (χ1v) is 6.43. The third kappa shape index (κ3) is 4.49. The Kier molecular flexibility index (Phi) is 4.18. The van der Waals surface area contributed by atoms with E-state index in [-0.39, 0.29) is 5.91 Å². The number of nitrogens with zero attached hydrogens (tertiary/aromatic N) is 1. The second-order valence-corrected chi connectivity index (χ2v) is 5.14. The highest BCUT2D eigenvalue weighted by atomic mass is 16.1. The molecule has 0 saturated heterocycles. The van der Waals surface area contributed by atoms with Gasteiger partial charge in [-0.25, -0.2) is 0 Å². The Morgan fingerprint density at radius 2 is 2.06 bits per heavy atom. The summed E-state index contributed by atoms with van der Waals surface area (Å²) in [5.41, 5.74) is 0. The number of rotatable bonds is 8. The fourth-order valence-corrected chi connectivity index (χ4v) is 1.80. The summed E-state index contributed by atoms with van der Waals surface area (Å²) in [5, 5.41) is 6.14. The van der Waals surface area contributed by atoms with E-state index >= 15 is 0 Å². The van der Waals surface area contributed by atoms with Crippen LogP contribution in [-0.2, 0) is 4.79 Å². The first-order chi connectivity index (χ1) is 7.75. The van der Waals surface area contributed by atoms with Crippen LogP contribution in [0.2, 0.25) is 0 Å². The third-order valence-corrected chi connectivity index (χ3v) is 3.38. The molecule has 16 heavy (non-hydrogen) atoms. The molecule has 0 atom stereocenters. The maximum Gasteiger partial charge on any atom is 0.233 e. The largest absolute Gasteiger partial charge is 0.355 e. The molecule has 2 aliphatic carbocycles. The van der Waals surface area contributed by atoms with Gasteiger partial charge in [0.1, 0.15) is 0 Å². The van der Waals surface area contributed by atoms with Crippen molar-refractivity contribution >= 4 is 5.91 Å². The standard InChI is InChI=1S/C12H23N3O/c1-15(11-4-5-11)7-6-13-9-12(16)14-8-10-2-3-10/h10-11,13H,2-9H2,1H3,(H,14,16). The maximum absolute atomic E-state index is 11.4. The zero-order valence-corrected chi connectivity index (χ0v) is 10.2. The maximum atomic E-state index is 11.4. The van der Waals surface area contributed by atoms with Gasteiger partial charge in [0.15, 0.2) is 0 Å². The number of carbonyl (C=O) groups is 1. The molecule has 2 N–H and O–H groups in total. The monoisotopic (exact) mass is 225 g/mol. The molecule has 0 bridgehead atoms. The summed E-state index contributed by atoms with van der Waals surface area (Å²) in [7, 11) is 2.16. The van der Waals surface area contributed by atoms with E-state index in [4.69, 9.17) is 0 Å². The predicted octanol–water partition coefficient (Wildman–Crippen LogP) is 0.196. The number of likely N-dealkylation sites (N-methyl/N-ethyl adjacent to an activating group) is 1. The summed E-state index contributed by atoms with van der Waals surface area (Å²) in [5.74, 6) is 0.908. The van der Waals surface area contributed by atoms with Crippen molar-refractivity contribution in [2.75, 3.05) is 33.2 Å². The molecule has 0 aromatic heterocycles. The number of amides is 1. The van der Waals surface area contributed by atoms with Crippen LogP contribution < -0.4 is 10.6 Å². The first kappa shape index (κ1) is 11.9. The summed E-state index contributed by atoms with van der Waals surface area (Å²) in [4.78, 5) is 13.7. The Balaban J connectivity index is 1.41. The van der Waals surface area contributed by atoms with Crippen molar-refractivity contribution in [3.8, 4) is 0 Å². The zero-order chi connectivity index (χ0) is 11.4. The van der Waals surface area contributed by atoms with Gasteiger partial charge in [0.25, 0.3) is 0 Å². The molecular weight excluding hydrogens is 202 g/mol. The Morgan fingerprint density at radius 3 is 2.69 bits per heavy atom. The SMILES string of the molecule is CN(CCNCC(=O)NCC1CC1)C1CC1. The smallest absolute Gasteiger partial charge is 0.233 e. The quantitative estimate of drug-likeness (QED) is 0.580. The summed E-state index contributed by atoms with van der Waals surface area (Å²) < 4.78 is 0. The van der Waals surface area contributed by atoms with Gasteiger partial charge in [-0.1, -0.05) is 0 Å². The average molecular weight is 225 g/mol. The lowest BCUT2D eigenvalue weighted by atomic mass is 10.4. The Labute approximate surface area is 97.8 Å². The van der Waals surface area contributed by atoms with Crippen molar-refractivity contribution < 1.29 is 4.79 Å². The van der Waals surface area contributed by atoms with E-state index in [1.54, 1.807) is 0 Å². The van der Waals surface area contributed by atoms with Gasteiger partial charge in [0.2, 0.25) is 5.91 Å². The first-order valence-electron chi connectivity index (χ1n) is 6.43. The van der Waals surface area contributed by atoms with Crippen molar-refractivity contribution in [1.29, 1.82) is 0 Å². The fourth-order valence-electron chi connectivity index (χ4n) is 1.80. The molecule has 0 aromatic carbocycles.